The first-order chi connectivity index (χ1) is 8.58. The Balaban J connectivity index is 2.24. The molecule has 0 radical (unpaired) electrons. The van der Waals surface area contributed by atoms with E-state index in [9.17, 15) is 4.79 Å². The SMILES string of the molecule is CC1CN(c2ccc(C(N)=O)cc2N)CCCO1. The molecule has 0 spiro atoms. The number of benzene rings is 1. The molecule has 1 atom stereocenters. The van der Waals surface area contributed by atoms with Gasteiger partial charge in [0.1, 0.15) is 0 Å². The van der Waals surface area contributed by atoms with E-state index in [4.69, 9.17) is 16.2 Å². The summed E-state index contributed by atoms with van der Waals surface area (Å²) in [6, 6.07) is 5.20. The van der Waals surface area contributed by atoms with Gasteiger partial charge < -0.3 is 21.1 Å². The molecule has 0 aliphatic carbocycles. The fraction of sp³-hybridized carbons (Fsp3) is 0.462. The number of carbonyl (C=O) groups is 1. The lowest BCUT2D eigenvalue weighted by Crippen LogP contribution is -2.30. The molecule has 1 fully saturated rings. The molecule has 0 aromatic heterocycles. The maximum atomic E-state index is 11.1. The molecule has 1 unspecified atom stereocenters. The normalized spacial score (nSPS) is 20.5. The third-order valence-electron chi connectivity index (χ3n) is 3.10. The maximum absolute atomic E-state index is 11.1. The highest BCUT2D eigenvalue weighted by molar-refractivity contribution is 5.94. The molecule has 1 aliphatic rings. The second-order valence-electron chi connectivity index (χ2n) is 4.62. The van der Waals surface area contributed by atoms with Gasteiger partial charge in [0.25, 0.3) is 0 Å². The Hall–Kier alpha value is -1.75. The lowest BCUT2D eigenvalue weighted by molar-refractivity contribution is 0.0821. The first-order valence-electron chi connectivity index (χ1n) is 6.14. The molecule has 2 rings (SSSR count). The number of amides is 1. The number of nitrogens with zero attached hydrogens (tertiary/aromatic N) is 1. The van der Waals surface area contributed by atoms with Crippen LogP contribution in [0.3, 0.4) is 0 Å². The lowest BCUT2D eigenvalue weighted by Gasteiger charge is -2.25. The summed E-state index contributed by atoms with van der Waals surface area (Å²) in [6.07, 6.45) is 1.16. The Morgan fingerprint density at radius 3 is 2.94 bits per heavy atom. The number of nitrogens with two attached hydrogens (primary N) is 2. The zero-order chi connectivity index (χ0) is 13.1. The molecule has 1 saturated heterocycles. The molecular weight excluding hydrogens is 230 g/mol. The number of nitrogen functional groups attached to an aromatic ring is 1. The second kappa shape index (κ2) is 5.27. The number of hydrogen-bond donors (Lipinski definition) is 2. The highest BCUT2D eigenvalue weighted by Gasteiger charge is 2.17. The van der Waals surface area contributed by atoms with Crippen LogP contribution in [0.2, 0.25) is 0 Å². The van der Waals surface area contributed by atoms with Crippen LogP contribution < -0.4 is 16.4 Å². The summed E-state index contributed by atoms with van der Waals surface area (Å²) in [5, 5.41) is 0. The van der Waals surface area contributed by atoms with Gasteiger partial charge in [-0.2, -0.15) is 0 Å². The molecule has 0 bridgehead atoms. The van der Waals surface area contributed by atoms with Crippen LogP contribution in [0.25, 0.3) is 0 Å². The van der Waals surface area contributed by atoms with Crippen molar-refractivity contribution in [3.05, 3.63) is 23.8 Å². The van der Waals surface area contributed by atoms with Gasteiger partial charge in [-0.05, 0) is 31.5 Å². The smallest absolute Gasteiger partial charge is 0.248 e. The number of anilines is 2. The first-order valence-corrected chi connectivity index (χ1v) is 6.14. The Bertz CT molecular complexity index is 448. The van der Waals surface area contributed by atoms with Gasteiger partial charge in [-0.15, -0.1) is 0 Å². The highest BCUT2D eigenvalue weighted by atomic mass is 16.5. The Kier molecular flexibility index (Phi) is 3.72. The van der Waals surface area contributed by atoms with Gasteiger partial charge in [-0.25, -0.2) is 0 Å². The van der Waals surface area contributed by atoms with E-state index < -0.39 is 5.91 Å². The van der Waals surface area contributed by atoms with Crippen LogP contribution in [0.5, 0.6) is 0 Å². The summed E-state index contributed by atoms with van der Waals surface area (Å²) in [6.45, 7) is 4.54. The highest BCUT2D eigenvalue weighted by Crippen LogP contribution is 2.26. The molecular formula is C13H19N3O2. The number of rotatable bonds is 2. The van der Waals surface area contributed by atoms with Crippen LogP contribution in [-0.2, 0) is 4.74 Å². The van der Waals surface area contributed by atoms with Crippen LogP contribution in [-0.4, -0.2) is 31.7 Å². The lowest BCUT2D eigenvalue weighted by atomic mass is 10.1. The van der Waals surface area contributed by atoms with Crippen molar-refractivity contribution in [1.29, 1.82) is 0 Å². The summed E-state index contributed by atoms with van der Waals surface area (Å²) in [4.78, 5) is 13.3. The van der Waals surface area contributed by atoms with Crippen molar-refractivity contribution >= 4 is 17.3 Å². The van der Waals surface area contributed by atoms with E-state index in [1.54, 1.807) is 12.1 Å². The molecule has 98 valence electrons. The van der Waals surface area contributed by atoms with Crippen LogP contribution in [0.15, 0.2) is 18.2 Å². The Labute approximate surface area is 107 Å². The van der Waals surface area contributed by atoms with E-state index in [0.717, 1.165) is 31.8 Å². The average Bonchev–Trinajstić information content (AvgIpc) is 2.53. The minimum absolute atomic E-state index is 0.183. The fourth-order valence-electron chi connectivity index (χ4n) is 2.21. The summed E-state index contributed by atoms with van der Waals surface area (Å²) in [5.41, 5.74) is 13.2. The molecule has 1 aliphatic heterocycles. The fourth-order valence-corrected chi connectivity index (χ4v) is 2.21. The largest absolute Gasteiger partial charge is 0.397 e. The number of carbonyl (C=O) groups excluding carboxylic acids is 1. The Morgan fingerprint density at radius 2 is 2.28 bits per heavy atom. The van der Waals surface area contributed by atoms with Crippen LogP contribution >= 0.6 is 0 Å². The van der Waals surface area contributed by atoms with Crippen molar-refractivity contribution in [2.45, 2.75) is 19.4 Å². The standard InChI is InChI=1S/C13H19N3O2/c1-9-8-16(5-2-6-18-9)12-4-3-10(13(15)17)7-11(12)14/h3-4,7,9H,2,5-6,8,14H2,1H3,(H2,15,17). The van der Waals surface area contributed by atoms with E-state index in [1.807, 2.05) is 13.0 Å². The molecule has 18 heavy (non-hydrogen) atoms. The van der Waals surface area contributed by atoms with Crippen LogP contribution in [0, 0.1) is 0 Å². The van der Waals surface area contributed by atoms with E-state index in [-0.39, 0.29) is 6.10 Å². The quantitative estimate of drug-likeness (QED) is 0.766. The van der Waals surface area contributed by atoms with E-state index >= 15 is 0 Å². The summed E-state index contributed by atoms with van der Waals surface area (Å²) in [5.74, 6) is -0.458. The maximum Gasteiger partial charge on any atom is 0.248 e. The molecule has 5 nitrogen and oxygen atoms in total. The number of hydrogen-bond acceptors (Lipinski definition) is 4. The minimum atomic E-state index is -0.458. The summed E-state index contributed by atoms with van der Waals surface area (Å²) >= 11 is 0. The van der Waals surface area contributed by atoms with Gasteiger partial charge in [0.2, 0.25) is 5.91 Å². The van der Waals surface area contributed by atoms with Crippen LogP contribution in [0.1, 0.15) is 23.7 Å². The molecule has 4 N–H and O–H groups in total. The Morgan fingerprint density at radius 1 is 1.50 bits per heavy atom. The number of ether oxygens (including phenoxy) is 1. The van der Waals surface area contributed by atoms with Crippen molar-refractivity contribution < 1.29 is 9.53 Å². The third-order valence-corrected chi connectivity index (χ3v) is 3.10. The zero-order valence-electron chi connectivity index (χ0n) is 10.6. The molecule has 0 saturated carbocycles. The van der Waals surface area contributed by atoms with E-state index in [2.05, 4.69) is 4.90 Å². The summed E-state index contributed by atoms with van der Waals surface area (Å²) in [7, 11) is 0. The van der Waals surface area contributed by atoms with Gasteiger partial charge in [0, 0.05) is 25.3 Å². The van der Waals surface area contributed by atoms with E-state index in [0.29, 0.717) is 11.3 Å². The van der Waals surface area contributed by atoms with E-state index in [1.165, 1.54) is 0 Å². The molecule has 1 aromatic carbocycles. The average molecular weight is 249 g/mol. The van der Waals surface area contributed by atoms with Crippen molar-refractivity contribution in [1.82, 2.24) is 0 Å². The predicted molar refractivity (Wildman–Crippen MR) is 71.6 cm³/mol. The molecule has 5 heteroatoms. The van der Waals surface area contributed by atoms with Gasteiger partial charge in [-0.1, -0.05) is 0 Å². The van der Waals surface area contributed by atoms with Crippen molar-refractivity contribution in [3.63, 3.8) is 0 Å². The first kappa shape index (κ1) is 12.7. The zero-order valence-corrected chi connectivity index (χ0v) is 10.6. The van der Waals surface area contributed by atoms with Crippen molar-refractivity contribution in [2.24, 2.45) is 5.73 Å². The topological polar surface area (TPSA) is 81.6 Å². The van der Waals surface area contributed by atoms with Gasteiger partial charge in [0.15, 0.2) is 0 Å². The van der Waals surface area contributed by atoms with Crippen LogP contribution in [0.4, 0.5) is 11.4 Å². The van der Waals surface area contributed by atoms with Crippen molar-refractivity contribution in [3.8, 4) is 0 Å². The van der Waals surface area contributed by atoms with Gasteiger partial charge >= 0.3 is 0 Å². The van der Waals surface area contributed by atoms with Gasteiger partial charge in [0.05, 0.1) is 17.5 Å². The molecule has 1 amide bonds. The predicted octanol–water partition coefficient (Wildman–Crippen LogP) is 0.983. The molecule has 1 aromatic rings. The molecule has 1 heterocycles. The second-order valence-corrected chi connectivity index (χ2v) is 4.62. The minimum Gasteiger partial charge on any atom is -0.397 e. The van der Waals surface area contributed by atoms with Gasteiger partial charge in [-0.3, -0.25) is 4.79 Å². The monoisotopic (exact) mass is 249 g/mol. The summed E-state index contributed by atoms with van der Waals surface area (Å²) < 4.78 is 5.60. The third kappa shape index (κ3) is 2.73. The number of primary amides is 1. The van der Waals surface area contributed by atoms with Crippen molar-refractivity contribution in [2.75, 3.05) is 30.3 Å².